The predicted molar refractivity (Wildman–Crippen MR) is 250 cm³/mol. The van der Waals surface area contributed by atoms with Crippen LogP contribution >= 0.6 is 0 Å². The lowest BCUT2D eigenvalue weighted by Gasteiger charge is -2.28. The minimum atomic E-state index is -1.24. The number of hydrogen-bond donors (Lipinski definition) is 4. The molecule has 3 aromatic carbocycles. The van der Waals surface area contributed by atoms with E-state index in [9.17, 15) is 34.4 Å². The van der Waals surface area contributed by atoms with Gasteiger partial charge in [0.05, 0.1) is 70.1 Å². The molecule has 0 amide bonds. The molecule has 1 fully saturated rings. The molecule has 7 aromatic rings. The van der Waals surface area contributed by atoms with Gasteiger partial charge in [-0.05, 0) is 123 Å². The van der Waals surface area contributed by atoms with E-state index in [1.54, 1.807) is 48.5 Å². The molecule has 0 spiro atoms. The lowest BCUT2D eigenvalue weighted by molar-refractivity contribution is -0.0860. The number of rotatable bonds is 21. The maximum atomic E-state index is 13.6. The van der Waals surface area contributed by atoms with Crippen LogP contribution in [0.3, 0.4) is 0 Å². The van der Waals surface area contributed by atoms with E-state index in [1.807, 2.05) is 32.9 Å². The zero-order chi connectivity index (χ0) is 48.9. The topological polar surface area (TPSA) is 223 Å². The normalized spacial score (nSPS) is 16.6. The second-order valence-electron chi connectivity index (χ2n) is 17.5. The first-order chi connectivity index (χ1) is 33.2. The molecule has 69 heavy (non-hydrogen) atoms. The molecule has 1 saturated carbocycles. The zero-order valence-corrected chi connectivity index (χ0v) is 38.9. The summed E-state index contributed by atoms with van der Waals surface area (Å²) in [5.74, 6) is -0.959. The molecule has 4 heterocycles. The molecular formula is C51H55FN6O11. The number of aromatic carboxylic acids is 2. The Bertz CT molecular complexity index is 2960. The highest BCUT2D eigenvalue weighted by Crippen LogP contribution is 2.38. The molecule has 8 rings (SSSR count). The number of pyridine rings is 2. The summed E-state index contributed by atoms with van der Waals surface area (Å²) in [6.07, 6.45) is 4.28. The molecule has 0 aliphatic heterocycles. The summed E-state index contributed by atoms with van der Waals surface area (Å²) in [4.78, 5) is 32.5. The Morgan fingerprint density at radius 1 is 0.754 bits per heavy atom. The lowest BCUT2D eigenvalue weighted by atomic mass is 9.96. The molecule has 0 radical (unpaired) electrons. The number of aliphatic hydroxyl groups is 2. The third-order valence-corrected chi connectivity index (χ3v) is 12.8. The number of carbonyl (C=O) groups is 2. The van der Waals surface area contributed by atoms with Gasteiger partial charge in [-0.3, -0.25) is 19.3 Å². The summed E-state index contributed by atoms with van der Waals surface area (Å²) in [6.45, 7) is 6.33. The summed E-state index contributed by atoms with van der Waals surface area (Å²) < 4.78 is 47.7. The van der Waals surface area contributed by atoms with Crippen molar-refractivity contribution in [2.24, 2.45) is 5.92 Å². The van der Waals surface area contributed by atoms with Crippen molar-refractivity contribution in [2.75, 3.05) is 27.4 Å². The van der Waals surface area contributed by atoms with Crippen LogP contribution in [0.1, 0.15) is 85.6 Å². The van der Waals surface area contributed by atoms with E-state index in [4.69, 9.17) is 23.7 Å². The monoisotopic (exact) mass is 946 g/mol. The van der Waals surface area contributed by atoms with Crippen LogP contribution in [0, 0.1) is 32.5 Å². The number of carboxylic acid groups (broad SMARTS) is 2. The maximum absolute atomic E-state index is 13.6. The first kappa shape index (κ1) is 48.5. The van der Waals surface area contributed by atoms with Crippen molar-refractivity contribution in [1.82, 2.24) is 29.5 Å². The highest BCUT2D eigenvalue weighted by atomic mass is 19.1. The van der Waals surface area contributed by atoms with Crippen LogP contribution in [0.5, 0.6) is 17.2 Å². The van der Waals surface area contributed by atoms with Crippen molar-refractivity contribution >= 4 is 34.0 Å². The SMILES string of the molecule is COc1cc(C(O)C(Cn2cc3nccc(C(=O)O)c3n2)OC2CCC(COc3cc(C(O)C(Cn4cc5nccc(C(=O)O)c5n4)OCCc4ccc(F)cc4)cc(OC)c3C)C2)c(C)cc1C. The van der Waals surface area contributed by atoms with E-state index in [0.717, 1.165) is 28.7 Å². The quantitative estimate of drug-likeness (QED) is 0.0552. The van der Waals surface area contributed by atoms with Gasteiger partial charge in [0.25, 0.3) is 0 Å². The van der Waals surface area contributed by atoms with E-state index in [1.165, 1.54) is 48.5 Å². The first-order valence-corrected chi connectivity index (χ1v) is 22.6. The van der Waals surface area contributed by atoms with Crippen LogP contribution in [0.2, 0.25) is 0 Å². The van der Waals surface area contributed by atoms with Crippen molar-refractivity contribution in [2.45, 2.75) is 90.1 Å². The van der Waals surface area contributed by atoms with Crippen molar-refractivity contribution in [1.29, 1.82) is 0 Å². The molecule has 6 unspecified atom stereocenters. The van der Waals surface area contributed by atoms with Crippen LogP contribution in [0.15, 0.2) is 85.5 Å². The van der Waals surface area contributed by atoms with Crippen LogP contribution in [0.25, 0.3) is 22.1 Å². The Labute approximate surface area is 397 Å². The summed E-state index contributed by atoms with van der Waals surface area (Å²) in [6, 6.07) is 16.1. The summed E-state index contributed by atoms with van der Waals surface area (Å²) in [7, 11) is 3.11. The standard InChI is InChI=1S/C51H55FN6O11/c1-28-18-29(2)41(65-4)22-38(28)49(60)45(26-58-24-40-47(56-58)37(51(63)64)13-16-54-40)69-35-11-8-32(19-35)27-68-43-21-33(20-42(66-5)30(43)3)48(59)44(67-17-14-31-6-9-34(52)10-7-31)25-57-23-39-46(55-57)36(50(61)62)12-15-53-39/h6-7,9-10,12-13,15-16,18,20-24,32,35,44-45,48-49,59-60H,8,11,14,17,19,25-27H2,1-5H3,(H,61,62)(H,63,64). The number of halogens is 1. The molecule has 362 valence electrons. The van der Waals surface area contributed by atoms with E-state index in [-0.39, 0.29) is 59.7 Å². The molecule has 17 nitrogen and oxygen atoms in total. The van der Waals surface area contributed by atoms with Gasteiger partial charge in [-0.15, -0.1) is 0 Å². The molecule has 1 aliphatic rings. The van der Waals surface area contributed by atoms with E-state index in [2.05, 4.69) is 20.2 Å². The molecule has 0 bridgehead atoms. The van der Waals surface area contributed by atoms with Gasteiger partial charge >= 0.3 is 11.9 Å². The number of ether oxygens (including phenoxy) is 5. The van der Waals surface area contributed by atoms with Gasteiger partial charge in [0.15, 0.2) is 0 Å². The predicted octanol–water partition coefficient (Wildman–Crippen LogP) is 7.38. The van der Waals surface area contributed by atoms with E-state index in [0.29, 0.717) is 65.3 Å². The smallest absolute Gasteiger partial charge is 0.338 e. The third kappa shape index (κ3) is 11.0. The molecule has 0 saturated heterocycles. The maximum Gasteiger partial charge on any atom is 0.338 e. The fourth-order valence-corrected chi connectivity index (χ4v) is 9.05. The average molecular weight is 947 g/mol. The highest BCUT2D eigenvalue weighted by molar-refractivity contribution is 6.01. The van der Waals surface area contributed by atoms with Crippen LogP contribution in [0.4, 0.5) is 4.39 Å². The Morgan fingerprint density at radius 2 is 1.36 bits per heavy atom. The number of carboxylic acids is 2. The van der Waals surface area contributed by atoms with Crippen LogP contribution in [-0.2, 0) is 29.0 Å². The summed E-state index contributed by atoms with van der Waals surface area (Å²) >= 11 is 0. The Balaban J connectivity index is 0.993. The number of aryl methyl sites for hydroxylation is 2. The van der Waals surface area contributed by atoms with Crippen LogP contribution < -0.4 is 14.2 Å². The molecule has 4 aromatic heterocycles. The van der Waals surface area contributed by atoms with Crippen molar-refractivity contribution < 1.29 is 58.1 Å². The van der Waals surface area contributed by atoms with Gasteiger partial charge in [-0.1, -0.05) is 18.2 Å². The number of methoxy groups -OCH3 is 2. The third-order valence-electron chi connectivity index (χ3n) is 12.8. The molecule has 4 N–H and O–H groups in total. The fraction of sp³-hybridized carbons (Fsp3) is 0.373. The summed E-state index contributed by atoms with van der Waals surface area (Å²) in [5, 5.41) is 52.7. The van der Waals surface area contributed by atoms with E-state index < -0.39 is 36.4 Å². The van der Waals surface area contributed by atoms with Crippen LogP contribution in [-0.4, -0.2) is 108 Å². The summed E-state index contributed by atoms with van der Waals surface area (Å²) in [5.41, 5.74) is 5.65. The van der Waals surface area contributed by atoms with Gasteiger partial charge in [-0.2, -0.15) is 10.2 Å². The van der Waals surface area contributed by atoms with Gasteiger partial charge in [0.2, 0.25) is 0 Å². The molecule has 1 aliphatic carbocycles. The molecule has 18 heteroatoms. The fourth-order valence-electron chi connectivity index (χ4n) is 9.05. The van der Waals surface area contributed by atoms with E-state index >= 15 is 0 Å². The van der Waals surface area contributed by atoms with Crippen molar-refractivity contribution in [3.05, 3.63) is 136 Å². The second kappa shape index (κ2) is 21.1. The number of fused-ring (bicyclic) bond motifs is 2. The largest absolute Gasteiger partial charge is 0.496 e. The van der Waals surface area contributed by atoms with Gasteiger partial charge in [0, 0.05) is 18.0 Å². The lowest BCUT2D eigenvalue weighted by Crippen LogP contribution is -2.32. The van der Waals surface area contributed by atoms with Gasteiger partial charge < -0.3 is 44.1 Å². The Kier molecular flexibility index (Phi) is 14.8. The van der Waals surface area contributed by atoms with Gasteiger partial charge in [0.1, 0.15) is 69.5 Å². The minimum Gasteiger partial charge on any atom is -0.496 e. The second-order valence-corrected chi connectivity index (χ2v) is 17.5. The number of aromatic nitrogens is 6. The number of hydrogen-bond acceptors (Lipinski definition) is 13. The molecule has 6 atom stereocenters. The first-order valence-electron chi connectivity index (χ1n) is 22.6. The number of nitrogens with zero attached hydrogens (tertiary/aromatic N) is 6. The highest BCUT2D eigenvalue weighted by Gasteiger charge is 2.34. The van der Waals surface area contributed by atoms with Crippen molar-refractivity contribution in [3.63, 3.8) is 0 Å². The number of aliphatic hydroxyl groups excluding tert-OH is 2. The molecular weight excluding hydrogens is 892 g/mol. The average Bonchev–Trinajstić information content (AvgIpc) is 4.09. The Hall–Kier alpha value is -6.99. The van der Waals surface area contributed by atoms with Crippen molar-refractivity contribution in [3.8, 4) is 17.2 Å². The zero-order valence-electron chi connectivity index (χ0n) is 38.9. The minimum absolute atomic E-state index is 0.00697. The van der Waals surface area contributed by atoms with Gasteiger partial charge in [-0.25, -0.2) is 14.0 Å². The number of benzene rings is 3. The Morgan fingerprint density at radius 3 is 1.97 bits per heavy atom.